The Morgan fingerprint density at radius 3 is 1.33 bits per heavy atom. The second-order valence-corrected chi connectivity index (χ2v) is 31.8. The number of aromatic hydroxyl groups is 2. The van der Waals surface area contributed by atoms with Gasteiger partial charge in [-0.1, -0.05) is 95.1 Å². The summed E-state index contributed by atoms with van der Waals surface area (Å²) in [7, 11) is 0. The predicted molar refractivity (Wildman–Crippen MR) is 456 cm³/mol. The van der Waals surface area contributed by atoms with Crippen molar-refractivity contribution in [2.75, 3.05) is 45.9 Å². The number of nitrogens with two attached hydrogens (primary N) is 1. The van der Waals surface area contributed by atoms with E-state index in [1.54, 1.807) is 58.0 Å². The van der Waals surface area contributed by atoms with Crippen molar-refractivity contribution < 1.29 is 137 Å². The fourth-order valence-electron chi connectivity index (χ4n) is 13.1. The number of carbonyl (C=O) groups excluding carboxylic acids is 16. The Morgan fingerprint density at radius 1 is 0.411 bits per heavy atom. The van der Waals surface area contributed by atoms with Gasteiger partial charge >= 0.3 is 17.9 Å². The molecule has 45 nitrogen and oxygen atoms in total. The molecule has 3 aromatic carbocycles. The highest BCUT2D eigenvalue weighted by Gasteiger charge is 2.40. The number of nitrogens with zero attached hydrogens (tertiary/aromatic N) is 1. The summed E-state index contributed by atoms with van der Waals surface area (Å²) in [6, 6.07) is -3.72. The summed E-state index contributed by atoms with van der Waals surface area (Å²) >= 11 is 0. The number of hydrogen-bond acceptors (Lipinski definition) is 26. The first-order valence-electron chi connectivity index (χ1n) is 42.2. The number of amides is 16. The topological polar surface area (TPSA) is 716 Å². The normalized spacial score (nSPS) is 15.6. The van der Waals surface area contributed by atoms with Gasteiger partial charge in [0, 0.05) is 38.3 Å². The molecule has 3 aromatic rings. The van der Waals surface area contributed by atoms with E-state index in [0.717, 1.165) is 13.8 Å². The standard InChI is InChI=1S/C84H123N17O28/c1-8-45(4)70(82(127)95-58(36-51-22-27-53(107)28-23-51)77(122)91-56(34-44(2)3)76(121)93-59(37-68(114)115)75(120)88-46(5)16-12-14-32-85)99-81(126)62(43-103)96-78(123)57(35-50-20-25-52(106)26-21-50)92-79(124)60(38-69(116)117)94-80(125)61(42-102)97-84(129)72(48(7)105)100-74(119)55(29-24-49-17-10-9-11-18-49)90-83(128)71(47(6)104)98-64(109)40-87-73(118)54(30-31-67(112)113)89-63(108)39-86-65(110)41-101-33-15-13-19-66(101)111/h9-11,17-18,20-23,25-28,44-48,54-62,70-72,102-107H,8,12-16,19,24,29-43,85H2,1-7H3,(H,86,110)(H,87,118)(H,88,120)(H,89,108)(H,90,128)(H,91,122)(H,92,124)(H,93,121)(H,94,125)(H,95,127)(H,96,123)(H,97,129)(H,98,109)(H,99,126)(H,100,119)(H,112,113)(H,114,115)(H,116,117)/t45-,46+,47+,48+,54-,55-,56-,57-,58-,59-,60-,61-,62-,70-,71-,72-/m0/s1. The number of aryl methyl sites for hydroxylation is 1. The zero-order valence-corrected chi connectivity index (χ0v) is 72.9. The van der Waals surface area contributed by atoms with Gasteiger partial charge in [-0.2, -0.15) is 0 Å². The van der Waals surface area contributed by atoms with E-state index >= 15 is 0 Å². The number of carboxylic acid groups (broad SMARTS) is 3. The molecule has 0 aromatic heterocycles. The number of hydrogen-bond donors (Lipinski definition) is 25. The molecular formula is C84H123N17O28. The summed E-state index contributed by atoms with van der Waals surface area (Å²) < 4.78 is 0. The summed E-state index contributed by atoms with van der Waals surface area (Å²) in [6.45, 7) is 6.47. The molecule has 1 aliphatic rings. The third-order valence-corrected chi connectivity index (χ3v) is 20.6. The Balaban J connectivity index is 1.55. The van der Waals surface area contributed by atoms with Crippen LogP contribution >= 0.6 is 0 Å². The van der Waals surface area contributed by atoms with Crippen LogP contribution in [0.4, 0.5) is 0 Å². The molecule has 0 bridgehead atoms. The molecule has 4 rings (SSSR count). The Labute approximate surface area is 743 Å². The molecule has 1 fully saturated rings. The minimum Gasteiger partial charge on any atom is -0.508 e. The molecule has 45 heteroatoms. The van der Waals surface area contributed by atoms with Crippen LogP contribution in [-0.2, 0) is 110 Å². The highest BCUT2D eigenvalue weighted by atomic mass is 16.4. The molecule has 1 heterocycles. The monoisotopic (exact) mass is 1820 g/mol. The Bertz CT molecular complexity index is 4310. The number of aliphatic hydroxyl groups excluding tert-OH is 4. The number of benzene rings is 3. The first-order valence-corrected chi connectivity index (χ1v) is 42.2. The zero-order chi connectivity index (χ0) is 96.3. The lowest BCUT2D eigenvalue weighted by Crippen LogP contribution is -2.63. The molecule has 129 heavy (non-hydrogen) atoms. The van der Waals surface area contributed by atoms with Crippen molar-refractivity contribution in [3.63, 3.8) is 0 Å². The average Bonchev–Trinajstić information content (AvgIpc) is 0.841. The van der Waals surface area contributed by atoms with E-state index in [1.165, 1.54) is 60.4 Å². The van der Waals surface area contributed by atoms with Crippen molar-refractivity contribution in [2.45, 2.75) is 242 Å². The molecule has 712 valence electrons. The summed E-state index contributed by atoms with van der Waals surface area (Å²) in [5, 5.41) is 128. The fourth-order valence-corrected chi connectivity index (χ4v) is 13.1. The van der Waals surface area contributed by atoms with E-state index in [1.807, 2.05) is 0 Å². The largest absolute Gasteiger partial charge is 0.508 e. The number of carboxylic acids is 3. The lowest BCUT2D eigenvalue weighted by atomic mass is 9.96. The van der Waals surface area contributed by atoms with Crippen LogP contribution in [0.3, 0.4) is 0 Å². The SMILES string of the molecule is CC[C@H](C)[C@H](NC(=O)[C@H](CO)NC(=O)[C@H](Cc1ccc(O)cc1)NC(=O)[C@H](CC(=O)O)NC(=O)[C@H](CO)NC(=O)[C@@H](NC(=O)[C@H](CCc1ccccc1)NC(=O)[C@@H](NC(=O)CNC(=O)[C@H](CCC(=O)O)NC(=O)CNC(=O)CN1CCCCC1=O)[C@@H](C)O)[C@@H](C)O)C(=O)N[C@@H](Cc1ccc(O)cc1)C(=O)N[C@@H](CC(C)C)C(=O)N[C@@H](CC(=O)O)C(=O)N[C@H](C)CCCCN. The first kappa shape index (κ1) is 108. The highest BCUT2D eigenvalue weighted by molar-refractivity contribution is 6.01. The third-order valence-electron chi connectivity index (χ3n) is 20.6. The second-order valence-electron chi connectivity index (χ2n) is 31.8. The minimum absolute atomic E-state index is 0.00622. The number of phenolic OH excluding ortho intramolecular Hbond substituents is 2. The first-order chi connectivity index (χ1) is 60.9. The van der Waals surface area contributed by atoms with Gasteiger partial charge in [0.2, 0.25) is 94.5 Å². The van der Waals surface area contributed by atoms with Gasteiger partial charge in [0.1, 0.15) is 84.0 Å². The van der Waals surface area contributed by atoms with Gasteiger partial charge in [-0.15, -0.1) is 0 Å². The third kappa shape index (κ3) is 39.4. The van der Waals surface area contributed by atoms with Gasteiger partial charge in [-0.05, 0) is 131 Å². The molecule has 16 amide bonds. The number of phenols is 2. The Kier molecular flexibility index (Phi) is 46.7. The summed E-state index contributed by atoms with van der Waals surface area (Å²) in [6.07, 6.45) is -4.75. The van der Waals surface area contributed by atoms with Crippen molar-refractivity contribution in [1.82, 2.24) is 84.7 Å². The van der Waals surface area contributed by atoms with Crippen LogP contribution < -0.4 is 85.5 Å². The van der Waals surface area contributed by atoms with Crippen molar-refractivity contribution in [1.29, 1.82) is 0 Å². The number of rotatable bonds is 57. The van der Waals surface area contributed by atoms with E-state index in [-0.39, 0.29) is 74.0 Å². The number of carbonyl (C=O) groups is 19. The van der Waals surface area contributed by atoms with Crippen LogP contribution in [0, 0.1) is 11.8 Å². The molecular weight excluding hydrogens is 1700 g/mol. The van der Waals surface area contributed by atoms with Crippen molar-refractivity contribution >= 4 is 112 Å². The van der Waals surface area contributed by atoms with Gasteiger partial charge in [0.15, 0.2) is 0 Å². The van der Waals surface area contributed by atoms with Crippen LogP contribution in [0.5, 0.6) is 11.5 Å². The van der Waals surface area contributed by atoms with Crippen molar-refractivity contribution in [3.05, 3.63) is 95.6 Å². The van der Waals surface area contributed by atoms with Crippen LogP contribution in [-0.4, -0.2) is 300 Å². The van der Waals surface area contributed by atoms with Gasteiger partial charge in [-0.3, -0.25) is 91.1 Å². The van der Waals surface area contributed by atoms with Crippen molar-refractivity contribution in [3.8, 4) is 11.5 Å². The van der Waals surface area contributed by atoms with E-state index in [4.69, 9.17) is 5.73 Å². The maximum Gasteiger partial charge on any atom is 0.305 e. The van der Waals surface area contributed by atoms with E-state index < -0.39 is 262 Å². The Hall–Kier alpha value is -13.0. The molecule has 1 saturated heterocycles. The van der Waals surface area contributed by atoms with Gasteiger partial charge in [-0.25, -0.2) is 0 Å². The van der Waals surface area contributed by atoms with E-state index in [0.29, 0.717) is 56.3 Å². The fraction of sp³-hybridized carbons (Fsp3) is 0.560. The molecule has 0 saturated carbocycles. The molecule has 1 aliphatic heterocycles. The summed E-state index contributed by atoms with van der Waals surface area (Å²) in [5.74, 6) is -23.5. The number of aliphatic carboxylic acids is 3. The molecule has 0 spiro atoms. The van der Waals surface area contributed by atoms with Gasteiger partial charge in [0.05, 0.1) is 57.9 Å². The highest BCUT2D eigenvalue weighted by Crippen LogP contribution is 2.19. The molecule has 0 unspecified atom stereocenters. The smallest absolute Gasteiger partial charge is 0.305 e. The molecule has 26 N–H and O–H groups in total. The number of unbranched alkanes of at least 4 members (excludes halogenated alkanes) is 1. The summed E-state index contributed by atoms with van der Waals surface area (Å²) in [5.41, 5.74) is 6.73. The number of aliphatic hydroxyl groups is 4. The van der Waals surface area contributed by atoms with Crippen LogP contribution in [0.15, 0.2) is 78.9 Å². The molecule has 16 atom stereocenters. The van der Waals surface area contributed by atoms with Crippen LogP contribution in [0.25, 0.3) is 0 Å². The van der Waals surface area contributed by atoms with Gasteiger partial charge in [0.25, 0.3) is 0 Å². The van der Waals surface area contributed by atoms with Crippen LogP contribution in [0.2, 0.25) is 0 Å². The number of piperidine rings is 1. The minimum atomic E-state index is -2.22. The second kappa shape index (κ2) is 55.6. The van der Waals surface area contributed by atoms with Crippen LogP contribution in [0.1, 0.15) is 149 Å². The van der Waals surface area contributed by atoms with E-state index in [2.05, 4.69) is 79.8 Å². The molecule has 0 aliphatic carbocycles. The van der Waals surface area contributed by atoms with E-state index in [9.17, 15) is 137 Å². The number of likely N-dealkylation sites (tertiary alicyclic amines) is 1. The lowest BCUT2D eigenvalue weighted by molar-refractivity contribution is -0.142. The quantitative estimate of drug-likeness (QED) is 0.0234. The predicted octanol–water partition coefficient (Wildman–Crippen LogP) is -6.14. The Morgan fingerprint density at radius 2 is 0.829 bits per heavy atom. The number of nitrogens with one attached hydrogen (secondary N) is 15. The van der Waals surface area contributed by atoms with Gasteiger partial charge < -0.3 is 136 Å². The zero-order valence-electron chi connectivity index (χ0n) is 72.9. The summed E-state index contributed by atoms with van der Waals surface area (Å²) in [4.78, 5) is 259. The van der Waals surface area contributed by atoms with Crippen molar-refractivity contribution in [2.24, 2.45) is 17.6 Å². The maximum absolute atomic E-state index is 14.7. The molecule has 0 radical (unpaired) electrons. The lowest BCUT2D eigenvalue weighted by Gasteiger charge is -2.30. The average molecular weight is 1820 g/mol. The maximum atomic E-state index is 14.7.